The Morgan fingerprint density at radius 1 is 1.27 bits per heavy atom. The third-order valence-corrected chi connectivity index (χ3v) is 6.18. The van der Waals surface area contributed by atoms with Crippen LogP contribution in [0.3, 0.4) is 0 Å². The second-order valence-corrected chi connectivity index (χ2v) is 8.05. The molecule has 7 nitrogen and oxygen atoms in total. The number of hydrogen-bond donors (Lipinski definition) is 2. The molecule has 1 aromatic carbocycles. The van der Waals surface area contributed by atoms with Crippen LogP contribution in [0.15, 0.2) is 42.9 Å². The van der Waals surface area contributed by atoms with Gasteiger partial charge in [0.15, 0.2) is 0 Å². The first-order valence-electron chi connectivity index (χ1n) is 10.1. The molecule has 1 amide bonds. The maximum absolute atomic E-state index is 13.5. The zero-order valence-electron chi connectivity index (χ0n) is 16.9. The highest BCUT2D eigenvalue weighted by molar-refractivity contribution is 5.98. The maximum atomic E-state index is 13.5. The molecule has 0 spiro atoms. The van der Waals surface area contributed by atoms with E-state index in [1.54, 1.807) is 18.5 Å². The number of carbonyl (C=O) groups is 1. The SMILES string of the molecule is CC1CCN(C(=O)c2cc3cc(F)ccc3[nH]2)CC1N(C)c1ncnc2[nH]ccc12. The highest BCUT2D eigenvalue weighted by Crippen LogP contribution is 2.29. The molecule has 2 atom stereocenters. The molecule has 3 aromatic heterocycles. The fourth-order valence-corrected chi connectivity index (χ4v) is 4.42. The van der Waals surface area contributed by atoms with Gasteiger partial charge in [0.1, 0.15) is 29.3 Å². The van der Waals surface area contributed by atoms with Crippen LogP contribution in [-0.4, -0.2) is 56.9 Å². The van der Waals surface area contributed by atoms with E-state index in [0.717, 1.165) is 28.8 Å². The summed E-state index contributed by atoms with van der Waals surface area (Å²) in [7, 11) is 2.02. The van der Waals surface area contributed by atoms with Gasteiger partial charge in [-0.2, -0.15) is 0 Å². The molecule has 4 heterocycles. The highest BCUT2D eigenvalue weighted by atomic mass is 19.1. The van der Waals surface area contributed by atoms with Gasteiger partial charge in [0, 0.05) is 37.2 Å². The lowest BCUT2D eigenvalue weighted by molar-refractivity contribution is 0.0665. The summed E-state index contributed by atoms with van der Waals surface area (Å²) in [6, 6.07) is 8.32. The minimum Gasteiger partial charge on any atom is -0.354 e. The monoisotopic (exact) mass is 406 g/mol. The smallest absolute Gasteiger partial charge is 0.270 e. The summed E-state index contributed by atoms with van der Waals surface area (Å²) in [5.41, 5.74) is 2.05. The minimum absolute atomic E-state index is 0.0635. The molecule has 0 radical (unpaired) electrons. The van der Waals surface area contributed by atoms with Gasteiger partial charge in [0.05, 0.1) is 11.4 Å². The molecule has 1 aliphatic heterocycles. The molecule has 30 heavy (non-hydrogen) atoms. The number of nitrogens with one attached hydrogen (secondary N) is 2. The van der Waals surface area contributed by atoms with Gasteiger partial charge >= 0.3 is 0 Å². The summed E-state index contributed by atoms with van der Waals surface area (Å²) in [6.45, 7) is 3.50. The van der Waals surface area contributed by atoms with Gasteiger partial charge < -0.3 is 19.8 Å². The Bertz CT molecular complexity index is 1230. The van der Waals surface area contributed by atoms with Crippen molar-refractivity contribution in [1.82, 2.24) is 24.8 Å². The van der Waals surface area contributed by atoms with Crippen LogP contribution in [0, 0.1) is 11.7 Å². The zero-order chi connectivity index (χ0) is 20.8. The molecule has 5 rings (SSSR count). The van der Waals surface area contributed by atoms with Crippen molar-refractivity contribution in [3.05, 3.63) is 54.4 Å². The first-order valence-corrected chi connectivity index (χ1v) is 10.1. The lowest BCUT2D eigenvalue weighted by Gasteiger charge is -2.42. The van der Waals surface area contributed by atoms with Crippen LogP contribution >= 0.6 is 0 Å². The van der Waals surface area contributed by atoms with Crippen LogP contribution in [-0.2, 0) is 0 Å². The number of likely N-dealkylation sites (tertiary alicyclic amines) is 1. The van der Waals surface area contributed by atoms with Crippen molar-refractivity contribution < 1.29 is 9.18 Å². The van der Waals surface area contributed by atoms with E-state index in [0.29, 0.717) is 30.1 Å². The van der Waals surface area contributed by atoms with Gasteiger partial charge in [-0.05, 0) is 42.7 Å². The Hall–Kier alpha value is -3.42. The Kier molecular flexibility index (Phi) is 4.42. The number of carbonyl (C=O) groups excluding carboxylic acids is 1. The number of rotatable bonds is 3. The molecule has 0 saturated carbocycles. The van der Waals surface area contributed by atoms with Crippen molar-refractivity contribution in [2.24, 2.45) is 5.92 Å². The van der Waals surface area contributed by atoms with Crippen LogP contribution < -0.4 is 4.90 Å². The lowest BCUT2D eigenvalue weighted by atomic mass is 9.92. The fraction of sp³-hybridized carbons (Fsp3) is 0.318. The first-order chi connectivity index (χ1) is 14.5. The summed E-state index contributed by atoms with van der Waals surface area (Å²) in [4.78, 5) is 32.2. The van der Waals surface area contributed by atoms with Gasteiger partial charge in [0.2, 0.25) is 0 Å². The number of benzene rings is 1. The second kappa shape index (κ2) is 7.12. The fourth-order valence-electron chi connectivity index (χ4n) is 4.42. The zero-order valence-corrected chi connectivity index (χ0v) is 16.9. The lowest BCUT2D eigenvalue weighted by Crippen LogP contribution is -2.53. The van der Waals surface area contributed by atoms with Gasteiger partial charge in [0.25, 0.3) is 5.91 Å². The Balaban J connectivity index is 1.41. The predicted molar refractivity (Wildman–Crippen MR) is 114 cm³/mol. The van der Waals surface area contributed by atoms with Gasteiger partial charge in [-0.25, -0.2) is 14.4 Å². The van der Waals surface area contributed by atoms with E-state index in [2.05, 4.69) is 31.8 Å². The van der Waals surface area contributed by atoms with Crippen LogP contribution in [0.2, 0.25) is 0 Å². The Morgan fingerprint density at radius 3 is 3.00 bits per heavy atom. The van der Waals surface area contributed by atoms with E-state index in [9.17, 15) is 9.18 Å². The summed E-state index contributed by atoms with van der Waals surface area (Å²) in [5, 5.41) is 1.67. The Labute approximate surface area is 172 Å². The average molecular weight is 406 g/mol. The standard InChI is InChI=1S/C22H23FN6O/c1-13-6-8-29(22(30)18-10-14-9-15(23)3-4-17(14)27-18)11-19(13)28(2)21-16-5-7-24-20(16)25-12-26-21/h3-5,7,9-10,12-13,19,27H,6,8,11H2,1-2H3,(H,24,25,26). The van der Waals surface area contributed by atoms with Crippen molar-refractivity contribution in [3.8, 4) is 0 Å². The minimum atomic E-state index is -0.310. The summed E-state index contributed by atoms with van der Waals surface area (Å²) in [5.74, 6) is 0.884. The van der Waals surface area contributed by atoms with E-state index in [4.69, 9.17) is 0 Å². The predicted octanol–water partition coefficient (Wildman–Crippen LogP) is 3.57. The number of aromatic nitrogens is 4. The number of amides is 1. The van der Waals surface area contributed by atoms with Gasteiger partial charge in [-0.1, -0.05) is 6.92 Å². The van der Waals surface area contributed by atoms with E-state index >= 15 is 0 Å². The maximum Gasteiger partial charge on any atom is 0.270 e. The van der Waals surface area contributed by atoms with E-state index in [1.807, 2.05) is 24.2 Å². The molecule has 1 aliphatic rings. The summed E-state index contributed by atoms with van der Waals surface area (Å²) >= 11 is 0. The van der Waals surface area contributed by atoms with Crippen molar-refractivity contribution in [2.75, 3.05) is 25.0 Å². The molecule has 2 unspecified atom stereocenters. The normalized spacial score (nSPS) is 19.5. The molecule has 4 aromatic rings. The average Bonchev–Trinajstić information content (AvgIpc) is 3.39. The molecule has 8 heteroatoms. The van der Waals surface area contributed by atoms with Gasteiger partial charge in [-0.3, -0.25) is 4.79 Å². The molecular weight excluding hydrogens is 383 g/mol. The second-order valence-electron chi connectivity index (χ2n) is 8.05. The molecule has 154 valence electrons. The number of piperidine rings is 1. The van der Waals surface area contributed by atoms with E-state index in [-0.39, 0.29) is 17.8 Å². The number of fused-ring (bicyclic) bond motifs is 2. The molecule has 0 bridgehead atoms. The summed E-state index contributed by atoms with van der Waals surface area (Å²) < 4.78 is 13.5. The van der Waals surface area contributed by atoms with Crippen molar-refractivity contribution >= 4 is 33.7 Å². The van der Waals surface area contributed by atoms with Crippen LogP contribution in [0.5, 0.6) is 0 Å². The number of nitrogens with zero attached hydrogens (tertiary/aromatic N) is 4. The highest BCUT2D eigenvalue weighted by Gasteiger charge is 2.33. The van der Waals surface area contributed by atoms with E-state index in [1.165, 1.54) is 12.1 Å². The molecule has 0 aliphatic carbocycles. The van der Waals surface area contributed by atoms with Crippen molar-refractivity contribution in [2.45, 2.75) is 19.4 Å². The number of aromatic amines is 2. The van der Waals surface area contributed by atoms with E-state index < -0.39 is 0 Å². The van der Waals surface area contributed by atoms with Crippen molar-refractivity contribution in [3.63, 3.8) is 0 Å². The van der Waals surface area contributed by atoms with Crippen LogP contribution in [0.25, 0.3) is 21.9 Å². The number of anilines is 1. The number of likely N-dealkylation sites (N-methyl/N-ethyl adjacent to an activating group) is 1. The molecule has 1 fully saturated rings. The molecule has 1 saturated heterocycles. The third-order valence-electron chi connectivity index (χ3n) is 6.18. The summed E-state index contributed by atoms with van der Waals surface area (Å²) in [6.07, 6.45) is 4.32. The number of H-pyrrole nitrogens is 2. The molecular formula is C22H23FN6O. The molecule has 2 N–H and O–H groups in total. The quantitative estimate of drug-likeness (QED) is 0.545. The number of halogens is 1. The topological polar surface area (TPSA) is 80.9 Å². The Morgan fingerprint density at radius 2 is 2.13 bits per heavy atom. The number of hydrogen-bond acceptors (Lipinski definition) is 4. The van der Waals surface area contributed by atoms with Crippen molar-refractivity contribution in [1.29, 1.82) is 0 Å². The first kappa shape index (κ1) is 18.6. The largest absolute Gasteiger partial charge is 0.354 e. The van der Waals surface area contributed by atoms with Crippen LogP contribution in [0.1, 0.15) is 23.8 Å². The van der Waals surface area contributed by atoms with Crippen LogP contribution in [0.4, 0.5) is 10.2 Å². The van der Waals surface area contributed by atoms with Gasteiger partial charge in [-0.15, -0.1) is 0 Å². The third kappa shape index (κ3) is 3.08.